The molecule has 0 atom stereocenters. The lowest BCUT2D eigenvalue weighted by Crippen LogP contribution is -2.48. The van der Waals surface area contributed by atoms with Crippen molar-refractivity contribution in [2.24, 2.45) is 0 Å². The van der Waals surface area contributed by atoms with E-state index in [0.29, 0.717) is 6.04 Å². The first-order chi connectivity index (χ1) is 9.06. The third-order valence-electron chi connectivity index (χ3n) is 3.03. The van der Waals surface area contributed by atoms with E-state index in [9.17, 15) is 4.79 Å². The molecule has 1 saturated heterocycles. The first-order valence-electron chi connectivity index (χ1n) is 6.23. The number of anilines is 1. The maximum atomic E-state index is 10.5. The number of aromatic nitrogens is 2. The summed E-state index contributed by atoms with van der Waals surface area (Å²) in [6.45, 7) is 8.40. The molecule has 1 N–H and O–H groups in total. The van der Waals surface area contributed by atoms with E-state index < -0.39 is 5.97 Å². The number of piperazine rings is 1. The highest BCUT2D eigenvalue weighted by molar-refractivity contribution is 8.01. The van der Waals surface area contributed by atoms with Gasteiger partial charge in [0.05, 0.1) is 5.75 Å². The van der Waals surface area contributed by atoms with Gasteiger partial charge in [0.2, 0.25) is 5.13 Å². The molecule has 1 aliphatic heterocycles. The van der Waals surface area contributed by atoms with E-state index in [2.05, 4.69) is 33.8 Å². The van der Waals surface area contributed by atoms with Crippen LogP contribution in [0.5, 0.6) is 0 Å². The summed E-state index contributed by atoms with van der Waals surface area (Å²) in [4.78, 5) is 15.2. The summed E-state index contributed by atoms with van der Waals surface area (Å²) in [5.74, 6) is -0.789. The minimum Gasteiger partial charge on any atom is -0.481 e. The number of carboxylic acids is 1. The molecule has 0 unspecified atom stereocenters. The van der Waals surface area contributed by atoms with Gasteiger partial charge in [-0.05, 0) is 13.8 Å². The molecule has 1 fully saturated rings. The molecule has 1 aromatic rings. The fraction of sp³-hybridized carbons (Fsp3) is 0.727. The lowest BCUT2D eigenvalue weighted by Gasteiger charge is -2.36. The van der Waals surface area contributed by atoms with Crippen molar-refractivity contribution in [1.82, 2.24) is 15.1 Å². The van der Waals surface area contributed by atoms with E-state index >= 15 is 0 Å². The van der Waals surface area contributed by atoms with E-state index in [4.69, 9.17) is 5.11 Å². The van der Waals surface area contributed by atoms with Gasteiger partial charge in [0, 0.05) is 32.2 Å². The second-order valence-corrected chi connectivity index (χ2v) is 6.83. The second-order valence-electron chi connectivity index (χ2n) is 4.65. The Morgan fingerprint density at radius 2 is 2.05 bits per heavy atom. The molecule has 0 aliphatic carbocycles. The standard InChI is InChI=1S/C11H18N4O2S2/c1-8(2)14-3-5-15(6-4-14)10-12-13-11(19-10)18-7-9(16)17/h8H,3-7H2,1-2H3,(H,16,17). The Hall–Kier alpha value is -0.860. The van der Waals surface area contributed by atoms with Gasteiger partial charge < -0.3 is 10.0 Å². The maximum Gasteiger partial charge on any atom is 0.313 e. The maximum absolute atomic E-state index is 10.5. The smallest absolute Gasteiger partial charge is 0.313 e. The molecule has 106 valence electrons. The van der Waals surface area contributed by atoms with Crippen molar-refractivity contribution in [3.63, 3.8) is 0 Å². The van der Waals surface area contributed by atoms with Crippen LogP contribution in [0.25, 0.3) is 0 Å². The summed E-state index contributed by atoms with van der Waals surface area (Å²) in [5, 5.41) is 17.7. The van der Waals surface area contributed by atoms with Gasteiger partial charge in [-0.2, -0.15) is 0 Å². The summed E-state index contributed by atoms with van der Waals surface area (Å²) in [6.07, 6.45) is 0. The monoisotopic (exact) mass is 302 g/mol. The predicted molar refractivity (Wildman–Crippen MR) is 77.2 cm³/mol. The fourth-order valence-electron chi connectivity index (χ4n) is 1.94. The summed E-state index contributed by atoms with van der Waals surface area (Å²) in [5.41, 5.74) is 0. The average molecular weight is 302 g/mol. The minimum atomic E-state index is -0.827. The average Bonchev–Trinajstić information content (AvgIpc) is 2.85. The van der Waals surface area contributed by atoms with Crippen LogP contribution in [0.1, 0.15) is 13.8 Å². The van der Waals surface area contributed by atoms with Gasteiger partial charge in [0.1, 0.15) is 0 Å². The van der Waals surface area contributed by atoms with Crippen LogP contribution in [0.4, 0.5) is 5.13 Å². The minimum absolute atomic E-state index is 0.0375. The molecule has 6 nitrogen and oxygen atoms in total. The topological polar surface area (TPSA) is 69.6 Å². The van der Waals surface area contributed by atoms with Crippen LogP contribution in [0.2, 0.25) is 0 Å². The van der Waals surface area contributed by atoms with E-state index in [0.717, 1.165) is 35.7 Å². The van der Waals surface area contributed by atoms with E-state index in [-0.39, 0.29) is 5.75 Å². The summed E-state index contributed by atoms with van der Waals surface area (Å²) in [6, 6.07) is 0.582. The number of aliphatic carboxylic acids is 1. The van der Waals surface area contributed by atoms with Gasteiger partial charge in [-0.25, -0.2) is 0 Å². The summed E-state index contributed by atoms with van der Waals surface area (Å²) < 4.78 is 0.726. The Morgan fingerprint density at radius 1 is 1.37 bits per heavy atom. The quantitative estimate of drug-likeness (QED) is 0.821. The highest BCUT2D eigenvalue weighted by atomic mass is 32.2. The molecule has 19 heavy (non-hydrogen) atoms. The van der Waals surface area contributed by atoms with Gasteiger partial charge in [-0.3, -0.25) is 9.69 Å². The Labute approximate surface area is 120 Å². The van der Waals surface area contributed by atoms with Crippen molar-refractivity contribution in [3.8, 4) is 0 Å². The molecule has 8 heteroatoms. The third-order valence-corrected chi connectivity index (χ3v) is 5.13. The molecule has 0 aromatic carbocycles. The normalized spacial score (nSPS) is 17.1. The Morgan fingerprint density at radius 3 is 2.63 bits per heavy atom. The predicted octanol–water partition coefficient (Wildman–Crippen LogP) is 1.25. The molecule has 1 aliphatic rings. The number of carbonyl (C=O) groups is 1. The zero-order valence-electron chi connectivity index (χ0n) is 11.1. The van der Waals surface area contributed by atoms with Crippen LogP contribution in [-0.4, -0.2) is 64.1 Å². The van der Waals surface area contributed by atoms with Gasteiger partial charge in [0.25, 0.3) is 0 Å². The molecule has 2 heterocycles. The Kier molecular flexibility index (Phi) is 5.00. The van der Waals surface area contributed by atoms with E-state index in [1.807, 2.05) is 0 Å². The zero-order chi connectivity index (χ0) is 13.8. The van der Waals surface area contributed by atoms with Crippen molar-refractivity contribution in [1.29, 1.82) is 0 Å². The highest BCUT2D eigenvalue weighted by Gasteiger charge is 2.21. The first kappa shape index (κ1) is 14.5. The van der Waals surface area contributed by atoms with Crippen molar-refractivity contribution in [2.45, 2.75) is 24.2 Å². The number of hydrogen-bond acceptors (Lipinski definition) is 7. The number of nitrogens with zero attached hydrogens (tertiary/aromatic N) is 4. The van der Waals surface area contributed by atoms with Crippen molar-refractivity contribution < 1.29 is 9.90 Å². The van der Waals surface area contributed by atoms with Crippen molar-refractivity contribution in [2.75, 3.05) is 36.8 Å². The van der Waals surface area contributed by atoms with Crippen molar-refractivity contribution >= 4 is 34.2 Å². The van der Waals surface area contributed by atoms with Gasteiger partial charge >= 0.3 is 5.97 Å². The Bertz CT molecular complexity index is 430. The lowest BCUT2D eigenvalue weighted by atomic mass is 10.2. The SMILES string of the molecule is CC(C)N1CCN(c2nnc(SCC(=O)O)s2)CC1. The van der Waals surface area contributed by atoms with Crippen LogP contribution in [0.3, 0.4) is 0 Å². The summed E-state index contributed by atoms with van der Waals surface area (Å²) >= 11 is 2.70. The molecular formula is C11H18N4O2S2. The molecule has 1 aromatic heterocycles. The van der Waals surface area contributed by atoms with Crippen LogP contribution >= 0.6 is 23.1 Å². The third kappa shape index (κ3) is 4.05. The van der Waals surface area contributed by atoms with Gasteiger partial charge in [0.15, 0.2) is 4.34 Å². The van der Waals surface area contributed by atoms with Crippen LogP contribution in [-0.2, 0) is 4.79 Å². The fourth-order valence-corrected chi connectivity index (χ4v) is 3.55. The van der Waals surface area contributed by atoms with E-state index in [1.54, 1.807) is 0 Å². The number of hydrogen-bond donors (Lipinski definition) is 1. The first-order valence-corrected chi connectivity index (χ1v) is 8.03. The van der Waals surface area contributed by atoms with Crippen LogP contribution in [0, 0.1) is 0 Å². The molecule has 0 spiro atoms. The van der Waals surface area contributed by atoms with Crippen LogP contribution in [0.15, 0.2) is 4.34 Å². The number of carboxylic acid groups (broad SMARTS) is 1. The van der Waals surface area contributed by atoms with Crippen LogP contribution < -0.4 is 4.90 Å². The molecule has 0 saturated carbocycles. The molecule has 2 rings (SSSR count). The zero-order valence-corrected chi connectivity index (χ0v) is 12.7. The molecular weight excluding hydrogens is 284 g/mol. The number of rotatable bonds is 5. The highest BCUT2D eigenvalue weighted by Crippen LogP contribution is 2.28. The molecule has 0 radical (unpaired) electrons. The largest absolute Gasteiger partial charge is 0.481 e. The van der Waals surface area contributed by atoms with Crippen molar-refractivity contribution in [3.05, 3.63) is 0 Å². The lowest BCUT2D eigenvalue weighted by molar-refractivity contribution is -0.133. The van der Waals surface area contributed by atoms with Gasteiger partial charge in [-0.15, -0.1) is 10.2 Å². The number of thioether (sulfide) groups is 1. The summed E-state index contributed by atoms with van der Waals surface area (Å²) in [7, 11) is 0. The second kappa shape index (κ2) is 6.53. The van der Waals surface area contributed by atoms with Gasteiger partial charge in [-0.1, -0.05) is 23.1 Å². The molecule has 0 amide bonds. The Balaban J connectivity index is 1.88. The van der Waals surface area contributed by atoms with E-state index in [1.165, 1.54) is 23.1 Å². The molecule has 0 bridgehead atoms.